The van der Waals surface area contributed by atoms with Crippen molar-refractivity contribution in [2.45, 2.75) is 49.9 Å². The molecule has 40 heavy (non-hydrogen) atoms. The van der Waals surface area contributed by atoms with Crippen molar-refractivity contribution in [2.24, 2.45) is 11.5 Å². The van der Waals surface area contributed by atoms with Crippen LogP contribution in [0, 0.1) is 0 Å². The number of carboxylic acids is 1. The van der Waals surface area contributed by atoms with Crippen molar-refractivity contribution in [2.75, 3.05) is 6.61 Å². The number of fused-ring (bicyclic) bond motifs is 1. The lowest BCUT2D eigenvalue weighted by Crippen LogP contribution is -2.58. The number of hydrogen-bond donors (Lipinski definition) is 9. The van der Waals surface area contributed by atoms with Crippen LogP contribution in [-0.4, -0.2) is 85.5 Å². The number of carboxylic acid groups (broad SMARTS) is 1. The molecule has 1 aromatic carbocycles. The first-order valence-electron chi connectivity index (χ1n) is 12.4. The van der Waals surface area contributed by atoms with Crippen LogP contribution in [0.5, 0.6) is 0 Å². The molecule has 0 fully saturated rings. The molecule has 4 amide bonds. The molecule has 4 atom stereocenters. The van der Waals surface area contributed by atoms with Crippen molar-refractivity contribution in [1.82, 2.24) is 30.9 Å². The summed E-state index contributed by atoms with van der Waals surface area (Å²) in [4.78, 5) is 71.3. The van der Waals surface area contributed by atoms with Crippen LogP contribution in [0.3, 0.4) is 0 Å². The molecule has 3 rings (SSSR count). The number of aliphatic carboxylic acids is 1. The molecule has 214 valence electrons. The number of rotatable bonds is 15. The predicted octanol–water partition coefficient (Wildman–Crippen LogP) is -2.20. The number of para-hydroxylation sites is 1. The Hall–Kier alpha value is -4.76. The van der Waals surface area contributed by atoms with Crippen LogP contribution in [-0.2, 0) is 36.8 Å². The van der Waals surface area contributed by atoms with E-state index in [0.29, 0.717) is 11.3 Å². The van der Waals surface area contributed by atoms with Crippen LogP contribution < -0.4 is 27.4 Å². The van der Waals surface area contributed by atoms with Gasteiger partial charge in [-0.05, 0) is 18.1 Å². The number of aliphatic hydroxyl groups is 1. The highest BCUT2D eigenvalue weighted by atomic mass is 16.4. The highest BCUT2D eigenvalue weighted by Crippen LogP contribution is 2.19. The van der Waals surface area contributed by atoms with E-state index in [1.807, 2.05) is 24.3 Å². The molecule has 0 aliphatic heterocycles. The summed E-state index contributed by atoms with van der Waals surface area (Å²) in [6.07, 6.45) is 4.19. The number of imidazole rings is 1. The lowest BCUT2D eigenvalue weighted by molar-refractivity contribution is -0.143. The van der Waals surface area contributed by atoms with E-state index in [2.05, 4.69) is 30.9 Å². The van der Waals surface area contributed by atoms with E-state index in [1.165, 1.54) is 12.5 Å². The number of carbonyl (C=O) groups excluding carboxylic acids is 4. The molecular formula is C25H32N8O7. The molecular weight excluding hydrogens is 524 g/mol. The number of nitrogens with two attached hydrogens (primary N) is 2. The first-order chi connectivity index (χ1) is 19.1. The lowest BCUT2D eigenvalue weighted by Gasteiger charge is -2.24. The topological polar surface area (TPSA) is 258 Å². The fourth-order valence-corrected chi connectivity index (χ4v) is 4.02. The molecule has 0 spiro atoms. The highest BCUT2D eigenvalue weighted by Gasteiger charge is 2.31. The van der Waals surface area contributed by atoms with Gasteiger partial charge in [0.25, 0.3) is 0 Å². The maximum Gasteiger partial charge on any atom is 0.326 e. The first-order valence-corrected chi connectivity index (χ1v) is 12.4. The van der Waals surface area contributed by atoms with E-state index in [9.17, 15) is 34.2 Å². The van der Waals surface area contributed by atoms with Crippen LogP contribution in [0.25, 0.3) is 10.9 Å². The number of nitrogens with one attached hydrogen (secondary N) is 5. The maximum atomic E-state index is 13.3. The number of nitrogens with zero attached hydrogens (tertiary/aromatic N) is 1. The third-order valence-corrected chi connectivity index (χ3v) is 6.17. The van der Waals surface area contributed by atoms with Crippen molar-refractivity contribution in [3.05, 3.63) is 54.2 Å². The predicted molar refractivity (Wildman–Crippen MR) is 141 cm³/mol. The van der Waals surface area contributed by atoms with Gasteiger partial charge in [0.1, 0.15) is 18.1 Å². The minimum Gasteiger partial charge on any atom is -0.480 e. The standard InChI is InChI=1S/C25H32N8O7/c26-16(8-14-10-28-12-30-14)22(36)32-19(7-13-9-29-17-4-2-1-3-15(13)17)23(37)33-20(11-34)24(38)31-18(25(39)40)5-6-21(27)35/h1-4,9-10,12,16,18-20,29,34H,5-8,11,26H2,(H2,27,35)(H,28,30)(H,31,38)(H,32,36)(H,33,37)(H,39,40). The van der Waals surface area contributed by atoms with E-state index in [-0.39, 0.29) is 25.7 Å². The van der Waals surface area contributed by atoms with Crippen LogP contribution >= 0.6 is 0 Å². The normalized spacial score (nSPS) is 14.1. The second-order valence-electron chi connectivity index (χ2n) is 9.16. The largest absolute Gasteiger partial charge is 0.480 e. The van der Waals surface area contributed by atoms with Gasteiger partial charge in [-0.15, -0.1) is 0 Å². The molecule has 0 saturated carbocycles. The molecule has 0 radical (unpaired) electrons. The van der Waals surface area contributed by atoms with Gasteiger partial charge in [0, 0.05) is 48.3 Å². The number of aromatic amines is 2. The summed E-state index contributed by atoms with van der Waals surface area (Å²) in [6.45, 7) is -0.868. The summed E-state index contributed by atoms with van der Waals surface area (Å²) in [5.74, 6) is -4.63. The number of primary amides is 1. The Bertz CT molecular complexity index is 1340. The molecule has 0 aliphatic carbocycles. The molecule has 2 heterocycles. The zero-order valence-electron chi connectivity index (χ0n) is 21.4. The van der Waals surface area contributed by atoms with Gasteiger partial charge in [-0.3, -0.25) is 19.2 Å². The minimum absolute atomic E-state index is 0.00843. The Balaban J connectivity index is 1.76. The number of amides is 4. The fourth-order valence-electron chi connectivity index (χ4n) is 4.02. The van der Waals surface area contributed by atoms with E-state index >= 15 is 0 Å². The van der Waals surface area contributed by atoms with Gasteiger partial charge >= 0.3 is 5.97 Å². The van der Waals surface area contributed by atoms with E-state index in [0.717, 1.165) is 10.9 Å². The Labute approximate surface area is 228 Å². The number of aliphatic hydroxyl groups excluding tert-OH is 1. The van der Waals surface area contributed by atoms with Crippen LogP contribution in [0.1, 0.15) is 24.1 Å². The molecule has 15 nitrogen and oxygen atoms in total. The minimum atomic E-state index is -1.55. The smallest absolute Gasteiger partial charge is 0.326 e. The number of benzene rings is 1. The summed E-state index contributed by atoms with van der Waals surface area (Å²) >= 11 is 0. The Morgan fingerprint density at radius 1 is 0.925 bits per heavy atom. The van der Waals surface area contributed by atoms with Crippen LogP contribution in [0.2, 0.25) is 0 Å². The average Bonchev–Trinajstić information content (AvgIpc) is 3.58. The maximum absolute atomic E-state index is 13.3. The Kier molecular flexibility index (Phi) is 10.3. The van der Waals surface area contributed by atoms with Gasteiger partial charge in [0.2, 0.25) is 23.6 Å². The van der Waals surface area contributed by atoms with Gasteiger partial charge in [-0.2, -0.15) is 0 Å². The zero-order valence-corrected chi connectivity index (χ0v) is 21.4. The third kappa shape index (κ3) is 8.12. The van der Waals surface area contributed by atoms with Gasteiger partial charge < -0.3 is 47.6 Å². The van der Waals surface area contributed by atoms with Gasteiger partial charge in [0.15, 0.2) is 0 Å². The molecule has 4 unspecified atom stereocenters. The average molecular weight is 557 g/mol. The molecule has 11 N–H and O–H groups in total. The van der Waals surface area contributed by atoms with E-state index in [4.69, 9.17) is 11.5 Å². The number of carbonyl (C=O) groups is 5. The SMILES string of the molecule is NC(=O)CCC(NC(=O)C(CO)NC(=O)C(Cc1c[nH]c2ccccc12)NC(=O)C(N)Cc1cnc[nH]1)C(=O)O. The summed E-state index contributed by atoms with van der Waals surface area (Å²) in [5, 5.41) is 27.1. The summed E-state index contributed by atoms with van der Waals surface area (Å²) in [7, 11) is 0. The number of aromatic nitrogens is 3. The van der Waals surface area contributed by atoms with Crippen molar-refractivity contribution in [1.29, 1.82) is 0 Å². The van der Waals surface area contributed by atoms with Crippen LogP contribution in [0.15, 0.2) is 43.0 Å². The fraction of sp³-hybridized carbons (Fsp3) is 0.360. The van der Waals surface area contributed by atoms with Gasteiger partial charge in [0.05, 0.1) is 19.0 Å². The van der Waals surface area contributed by atoms with Crippen LogP contribution in [0.4, 0.5) is 0 Å². The molecule has 0 saturated heterocycles. The third-order valence-electron chi connectivity index (χ3n) is 6.17. The highest BCUT2D eigenvalue weighted by molar-refractivity contribution is 5.95. The van der Waals surface area contributed by atoms with Gasteiger partial charge in [-0.1, -0.05) is 18.2 Å². The molecule has 0 aliphatic rings. The quantitative estimate of drug-likeness (QED) is 0.0982. The summed E-state index contributed by atoms with van der Waals surface area (Å²) in [6, 6.07) is 2.05. The van der Waals surface area contributed by atoms with Crippen molar-refractivity contribution in [3.8, 4) is 0 Å². The zero-order chi connectivity index (χ0) is 29.2. The molecule has 3 aromatic rings. The molecule has 2 aromatic heterocycles. The molecule has 0 bridgehead atoms. The first kappa shape index (κ1) is 29.8. The second kappa shape index (κ2) is 13.9. The lowest BCUT2D eigenvalue weighted by atomic mass is 10.0. The van der Waals surface area contributed by atoms with Crippen molar-refractivity contribution < 1.29 is 34.2 Å². The van der Waals surface area contributed by atoms with Gasteiger partial charge in [-0.25, -0.2) is 9.78 Å². The van der Waals surface area contributed by atoms with Crippen molar-refractivity contribution >= 4 is 40.5 Å². The number of hydrogen-bond acceptors (Lipinski definition) is 8. The second-order valence-corrected chi connectivity index (χ2v) is 9.16. The van der Waals surface area contributed by atoms with Crippen molar-refractivity contribution in [3.63, 3.8) is 0 Å². The summed E-state index contributed by atoms with van der Waals surface area (Å²) in [5.41, 5.74) is 13.2. The Morgan fingerprint density at radius 2 is 1.60 bits per heavy atom. The van der Waals surface area contributed by atoms with E-state index < -0.39 is 60.4 Å². The monoisotopic (exact) mass is 556 g/mol. The molecule has 15 heteroatoms. The van der Waals surface area contributed by atoms with E-state index in [1.54, 1.807) is 6.20 Å². The number of H-pyrrole nitrogens is 2. The Morgan fingerprint density at radius 3 is 2.25 bits per heavy atom. The summed E-state index contributed by atoms with van der Waals surface area (Å²) < 4.78 is 0.